The maximum absolute atomic E-state index is 12.0. The normalized spacial score (nSPS) is 11.3. The van der Waals surface area contributed by atoms with Gasteiger partial charge < -0.3 is 5.11 Å². The molecule has 2 rings (SSSR count). The van der Waals surface area contributed by atoms with Gasteiger partial charge in [0, 0.05) is 0 Å². The second kappa shape index (κ2) is 4.91. The molecule has 0 saturated heterocycles. The second-order valence-electron chi connectivity index (χ2n) is 3.69. The van der Waals surface area contributed by atoms with E-state index in [1.165, 1.54) is 35.6 Å². The third-order valence-corrected chi connectivity index (χ3v) is 5.53. The van der Waals surface area contributed by atoms with Crippen molar-refractivity contribution >= 4 is 27.1 Å². The van der Waals surface area contributed by atoms with Crippen LogP contribution < -0.4 is 0 Å². The van der Waals surface area contributed by atoms with Crippen molar-refractivity contribution in [2.45, 2.75) is 9.96 Å². The quantitative estimate of drug-likeness (QED) is 0.934. The van der Waals surface area contributed by atoms with E-state index in [1.807, 2.05) is 0 Å². The third-order valence-electron chi connectivity index (χ3n) is 2.36. The highest BCUT2D eigenvalue weighted by molar-refractivity contribution is 7.92. The fourth-order valence-corrected chi connectivity index (χ4v) is 3.91. The van der Waals surface area contributed by atoms with Gasteiger partial charge in [-0.3, -0.25) is 0 Å². The fraction of sp³-hybridized carbons (Fsp3) is 0.0833. The van der Waals surface area contributed by atoms with E-state index < -0.39 is 15.8 Å². The van der Waals surface area contributed by atoms with Gasteiger partial charge in [0.15, 0.2) is 9.84 Å². The van der Waals surface area contributed by atoms with Crippen molar-refractivity contribution in [1.82, 2.24) is 0 Å². The highest BCUT2D eigenvalue weighted by atomic mass is 32.2. The molecule has 0 radical (unpaired) electrons. The van der Waals surface area contributed by atoms with Gasteiger partial charge in [0.2, 0.25) is 0 Å². The van der Waals surface area contributed by atoms with E-state index in [-0.39, 0.29) is 11.3 Å². The third kappa shape index (κ3) is 2.77. The van der Waals surface area contributed by atoms with Crippen LogP contribution in [0.2, 0.25) is 0 Å². The minimum Gasteiger partial charge on any atom is -0.478 e. The number of benzene rings is 1. The molecule has 0 bridgehead atoms. The van der Waals surface area contributed by atoms with Crippen molar-refractivity contribution in [3.05, 3.63) is 52.9 Å². The van der Waals surface area contributed by atoms with Crippen molar-refractivity contribution in [2.24, 2.45) is 0 Å². The van der Waals surface area contributed by atoms with Gasteiger partial charge in [0.1, 0.15) is 4.21 Å². The summed E-state index contributed by atoms with van der Waals surface area (Å²) < 4.78 is 24.3. The zero-order chi connectivity index (χ0) is 13.2. The molecular weight excluding hydrogens is 272 g/mol. The molecular formula is C12H10O4S2. The van der Waals surface area contributed by atoms with Crippen molar-refractivity contribution in [2.75, 3.05) is 0 Å². The minimum atomic E-state index is -3.33. The first-order valence-electron chi connectivity index (χ1n) is 5.07. The Kier molecular flexibility index (Phi) is 3.49. The summed E-state index contributed by atoms with van der Waals surface area (Å²) >= 11 is 1.18. The minimum absolute atomic E-state index is 0.118. The first kappa shape index (κ1) is 12.8. The van der Waals surface area contributed by atoms with Gasteiger partial charge in [0.25, 0.3) is 0 Å². The Morgan fingerprint density at radius 2 is 1.83 bits per heavy atom. The van der Waals surface area contributed by atoms with Crippen LogP contribution in [-0.2, 0) is 15.6 Å². The van der Waals surface area contributed by atoms with Crippen molar-refractivity contribution in [3.63, 3.8) is 0 Å². The lowest BCUT2D eigenvalue weighted by Crippen LogP contribution is -2.03. The van der Waals surface area contributed by atoms with E-state index >= 15 is 0 Å². The van der Waals surface area contributed by atoms with E-state index in [2.05, 4.69) is 0 Å². The van der Waals surface area contributed by atoms with Gasteiger partial charge in [0.05, 0.1) is 11.3 Å². The standard InChI is InChI=1S/C12H10O4S2/c13-12(14)10-5-3-9(4-6-10)8-18(15,16)11-2-1-7-17-11/h1-7H,8H2,(H,13,14). The number of carbonyl (C=O) groups is 1. The molecule has 1 aromatic heterocycles. The van der Waals surface area contributed by atoms with Crippen molar-refractivity contribution in [3.8, 4) is 0 Å². The highest BCUT2D eigenvalue weighted by Crippen LogP contribution is 2.21. The predicted molar refractivity (Wildman–Crippen MR) is 68.6 cm³/mol. The van der Waals surface area contributed by atoms with Crippen LogP contribution in [0, 0.1) is 0 Å². The molecule has 0 unspecified atom stereocenters. The number of hydrogen-bond acceptors (Lipinski definition) is 4. The maximum atomic E-state index is 12.0. The van der Waals surface area contributed by atoms with Crippen LogP contribution in [0.3, 0.4) is 0 Å². The molecule has 0 saturated carbocycles. The summed E-state index contributed by atoms with van der Waals surface area (Å²) in [5.41, 5.74) is 0.723. The lowest BCUT2D eigenvalue weighted by molar-refractivity contribution is 0.0697. The van der Waals surface area contributed by atoms with Crippen LogP contribution in [0.5, 0.6) is 0 Å². The summed E-state index contributed by atoms with van der Waals surface area (Å²) in [5, 5.41) is 10.5. The fourth-order valence-electron chi connectivity index (χ4n) is 1.47. The molecule has 0 amide bonds. The Morgan fingerprint density at radius 1 is 1.17 bits per heavy atom. The first-order chi connectivity index (χ1) is 8.49. The van der Waals surface area contributed by atoms with Crippen LogP contribution in [0.25, 0.3) is 0 Å². The highest BCUT2D eigenvalue weighted by Gasteiger charge is 2.16. The summed E-state index contributed by atoms with van der Waals surface area (Å²) in [6.07, 6.45) is 0. The van der Waals surface area contributed by atoms with Gasteiger partial charge in [-0.15, -0.1) is 11.3 Å². The lowest BCUT2D eigenvalue weighted by atomic mass is 10.1. The van der Waals surface area contributed by atoms with E-state index in [4.69, 9.17) is 5.11 Å². The molecule has 0 aliphatic heterocycles. The second-order valence-corrected chi connectivity index (χ2v) is 6.86. The number of carboxylic acids is 1. The van der Waals surface area contributed by atoms with Crippen LogP contribution in [0.15, 0.2) is 46.0 Å². The number of carboxylic acid groups (broad SMARTS) is 1. The van der Waals surface area contributed by atoms with E-state index in [1.54, 1.807) is 17.5 Å². The molecule has 0 fully saturated rings. The smallest absolute Gasteiger partial charge is 0.335 e. The van der Waals surface area contributed by atoms with Crippen molar-refractivity contribution < 1.29 is 18.3 Å². The number of aromatic carboxylic acids is 1. The Hall–Kier alpha value is -1.66. The molecule has 1 N–H and O–H groups in total. The predicted octanol–water partition coefficient (Wildman–Crippen LogP) is 2.42. The first-order valence-corrected chi connectivity index (χ1v) is 7.61. The van der Waals surface area contributed by atoms with E-state index in [9.17, 15) is 13.2 Å². The summed E-state index contributed by atoms with van der Waals surface area (Å²) in [4.78, 5) is 10.7. The summed E-state index contributed by atoms with van der Waals surface area (Å²) in [7, 11) is -3.33. The number of sulfone groups is 1. The maximum Gasteiger partial charge on any atom is 0.335 e. The molecule has 1 aromatic carbocycles. The Morgan fingerprint density at radius 3 is 2.33 bits per heavy atom. The summed E-state index contributed by atoms with van der Waals surface area (Å²) in [6, 6.07) is 9.10. The van der Waals surface area contributed by atoms with Gasteiger partial charge in [-0.05, 0) is 29.1 Å². The molecule has 0 aliphatic rings. The monoisotopic (exact) mass is 282 g/mol. The molecule has 0 spiro atoms. The molecule has 4 nitrogen and oxygen atoms in total. The lowest BCUT2D eigenvalue weighted by Gasteiger charge is -2.02. The van der Waals surface area contributed by atoms with Crippen LogP contribution in [-0.4, -0.2) is 19.5 Å². The molecule has 6 heteroatoms. The van der Waals surface area contributed by atoms with E-state index in [0.29, 0.717) is 9.77 Å². The molecule has 18 heavy (non-hydrogen) atoms. The van der Waals surface area contributed by atoms with Gasteiger partial charge in [-0.2, -0.15) is 0 Å². The molecule has 94 valence electrons. The average molecular weight is 282 g/mol. The van der Waals surface area contributed by atoms with Crippen molar-refractivity contribution in [1.29, 1.82) is 0 Å². The number of rotatable bonds is 4. The van der Waals surface area contributed by atoms with Crippen LogP contribution >= 0.6 is 11.3 Å². The Balaban J connectivity index is 2.22. The van der Waals surface area contributed by atoms with E-state index in [0.717, 1.165) is 0 Å². The Bertz CT molecular complexity index is 640. The molecule has 0 atom stereocenters. The zero-order valence-corrected chi connectivity index (χ0v) is 10.9. The molecule has 2 aromatic rings. The SMILES string of the molecule is O=C(O)c1ccc(CS(=O)(=O)c2cccs2)cc1. The Labute approximate surface area is 108 Å². The molecule has 0 aliphatic carbocycles. The zero-order valence-electron chi connectivity index (χ0n) is 9.24. The van der Waals surface area contributed by atoms with Gasteiger partial charge in [-0.25, -0.2) is 13.2 Å². The van der Waals surface area contributed by atoms with Gasteiger partial charge in [-0.1, -0.05) is 18.2 Å². The van der Waals surface area contributed by atoms with Gasteiger partial charge >= 0.3 is 5.97 Å². The molecule has 1 heterocycles. The number of thiophene rings is 1. The number of hydrogen-bond donors (Lipinski definition) is 1. The van der Waals surface area contributed by atoms with Crippen LogP contribution in [0.4, 0.5) is 0 Å². The largest absolute Gasteiger partial charge is 0.478 e. The summed E-state index contributed by atoms with van der Waals surface area (Å²) in [6.45, 7) is 0. The average Bonchev–Trinajstić information content (AvgIpc) is 2.83. The summed E-state index contributed by atoms with van der Waals surface area (Å²) in [5.74, 6) is -1.14. The van der Waals surface area contributed by atoms with Crippen LogP contribution in [0.1, 0.15) is 15.9 Å². The topological polar surface area (TPSA) is 71.4 Å².